The average molecular weight is 246 g/mol. The molecule has 0 spiro atoms. The number of carbonyl (C=O) groups is 1. The summed E-state index contributed by atoms with van der Waals surface area (Å²) in [5, 5.41) is 0. The molecule has 0 aliphatic carbocycles. The summed E-state index contributed by atoms with van der Waals surface area (Å²) in [6.45, 7) is 5.76. The van der Waals surface area contributed by atoms with Crippen molar-refractivity contribution < 1.29 is 14.3 Å². The van der Waals surface area contributed by atoms with Gasteiger partial charge >= 0.3 is 5.97 Å². The van der Waals surface area contributed by atoms with Gasteiger partial charge in [-0.1, -0.05) is 44.2 Å². The molecule has 1 aromatic carbocycles. The Hall–Kier alpha value is -1.77. The number of benzene rings is 1. The van der Waals surface area contributed by atoms with Gasteiger partial charge in [0.25, 0.3) is 5.79 Å². The Morgan fingerprint density at radius 1 is 1.22 bits per heavy atom. The van der Waals surface area contributed by atoms with Crippen LogP contribution in [0.5, 0.6) is 0 Å². The number of carbonyl (C=O) groups excluding carboxylic acids is 1. The van der Waals surface area contributed by atoms with Gasteiger partial charge in [-0.15, -0.1) is 0 Å². The Morgan fingerprint density at radius 2 is 1.89 bits per heavy atom. The van der Waals surface area contributed by atoms with Crippen LogP contribution < -0.4 is 0 Å². The highest BCUT2D eigenvalue weighted by Crippen LogP contribution is 2.39. The van der Waals surface area contributed by atoms with E-state index in [1.165, 1.54) is 6.08 Å². The average Bonchev–Trinajstić information content (AvgIpc) is 2.37. The number of esters is 1. The summed E-state index contributed by atoms with van der Waals surface area (Å²) in [5.41, 5.74) is 1.10. The molecule has 0 saturated heterocycles. The zero-order chi connectivity index (χ0) is 13.2. The Morgan fingerprint density at radius 3 is 2.44 bits per heavy atom. The summed E-state index contributed by atoms with van der Waals surface area (Å²) in [7, 11) is 0. The number of ether oxygens (including phenoxy) is 2. The number of cyclic esters (lactones) is 1. The second-order valence-corrected chi connectivity index (χ2v) is 4.58. The van der Waals surface area contributed by atoms with E-state index in [9.17, 15) is 4.79 Å². The minimum Gasteiger partial charge on any atom is -0.456 e. The number of allylic oxidation sites excluding steroid dienone is 1. The molecule has 0 unspecified atom stereocenters. The fourth-order valence-electron chi connectivity index (χ4n) is 2.31. The molecular weight excluding hydrogens is 228 g/mol. The van der Waals surface area contributed by atoms with Crippen molar-refractivity contribution in [2.75, 3.05) is 0 Å². The molecule has 1 aliphatic rings. The van der Waals surface area contributed by atoms with Crippen molar-refractivity contribution in [3.8, 4) is 0 Å². The van der Waals surface area contributed by atoms with Crippen LogP contribution in [0.15, 0.2) is 42.2 Å². The first kappa shape index (κ1) is 12.7. The van der Waals surface area contributed by atoms with Crippen LogP contribution in [-0.2, 0) is 14.3 Å². The minimum atomic E-state index is -0.892. The minimum absolute atomic E-state index is 0.0173. The van der Waals surface area contributed by atoms with E-state index in [0.717, 1.165) is 5.56 Å². The van der Waals surface area contributed by atoms with Gasteiger partial charge in [-0.05, 0) is 12.5 Å². The van der Waals surface area contributed by atoms with E-state index >= 15 is 0 Å². The van der Waals surface area contributed by atoms with Crippen LogP contribution in [0.4, 0.5) is 0 Å². The summed E-state index contributed by atoms with van der Waals surface area (Å²) in [5.74, 6) is -0.632. The molecular formula is C15H18O3. The molecule has 3 nitrogen and oxygen atoms in total. The molecule has 1 aliphatic heterocycles. The molecule has 18 heavy (non-hydrogen) atoms. The lowest BCUT2D eigenvalue weighted by Crippen LogP contribution is -2.44. The molecule has 2 rings (SSSR count). The maximum atomic E-state index is 11.6. The molecule has 1 heterocycles. The van der Waals surface area contributed by atoms with Crippen molar-refractivity contribution in [2.24, 2.45) is 0 Å². The third kappa shape index (κ3) is 2.26. The Bertz CT molecular complexity index is 464. The molecule has 96 valence electrons. The number of rotatable bonds is 3. The highest BCUT2D eigenvalue weighted by atomic mass is 16.7. The quantitative estimate of drug-likeness (QED) is 0.767. The predicted molar refractivity (Wildman–Crippen MR) is 68.8 cm³/mol. The standard InChI is InChI=1S/C15H18O3/c1-4-15(17-11(2)10-14(16)18-15)12(3)13-8-6-5-7-9-13/h5-10,12H,4H2,1-3H3/t12-,15+/m1/s1. The molecule has 1 aromatic rings. The van der Waals surface area contributed by atoms with Gasteiger partial charge in [0, 0.05) is 6.42 Å². The Kier molecular flexibility index (Phi) is 3.41. The maximum Gasteiger partial charge on any atom is 0.337 e. The molecule has 0 bridgehead atoms. The third-order valence-electron chi connectivity index (χ3n) is 3.38. The topological polar surface area (TPSA) is 35.5 Å². The molecule has 0 amide bonds. The fraction of sp³-hybridized carbons (Fsp3) is 0.400. The lowest BCUT2D eigenvalue weighted by Gasteiger charge is -2.40. The van der Waals surface area contributed by atoms with Crippen molar-refractivity contribution in [1.29, 1.82) is 0 Å². The summed E-state index contributed by atoms with van der Waals surface area (Å²) in [6, 6.07) is 9.96. The maximum absolute atomic E-state index is 11.6. The van der Waals surface area contributed by atoms with Crippen LogP contribution in [0.25, 0.3) is 0 Å². The monoisotopic (exact) mass is 246 g/mol. The van der Waals surface area contributed by atoms with E-state index in [1.807, 2.05) is 44.2 Å². The van der Waals surface area contributed by atoms with E-state index < -0.39 is 5.79 Å². The van der Waals surface area contributed by atoms with Crippen LogP contribution in [0.1, 0.15) is 38.7 Å². The van der Waals surface area contributed by atoms with Gasteiger partial charge < -0.3 is 9.47 Å². The zero-order valence-electron chi connectivity index (χ0n) is 11.0. The Balaban J connectivity index is 2.34. The number of hydrogen-bond donors (Lipinski definition) is 0. The molecule has 0 N–H and O–H groups in total. The van der Waals surface area contributed by atoms with Gasteiger partial charge in [0.1, 0.15) is 5.76 Å². The lowest BCUT2D eigenvalue weighted by atomic mass is 9.89. The normalized spacial score (nSPS) is 24.8. The first-order valence-electron chi connectivity index (χ1n) is 6.22. The van der Waals surface area contributed by atoms with Gasteiger partial charge in [-0.25, -0.2) is 4.79 Å². The molecule has 0 saturated carbocycles. The smallest absolute Gasteiger partial charge is 0.337 e. The summed E-state index contributed by atoms with van der Waals surface area (Å²) in [4.78, 5) is 11.6. The number of hydrogen-bond acceptors (Lipinski definition) is 3. The van der Waals surface area contributed by atoms with Gasteiger partial charge in [-0.3, -0.25) is 0 Å². The van der Waals surface area contributed by atoms with Crippen LogP contribution in [0, 0.1) is 0 Å². The van der Waals surface area contributed by atoms with Crippen LogP contribution in [0.2, 0.25) is 0 Å². The lowest BCUT2D eigenvalue weighted by molar-refractivity contribution is -0.231. The molecule has 3 heteroatoms. The SMILES string of the molecule is CC[C@@]1([C@H](C)c2ccccc2)OC(=O)C=C(C)O1. The van der Waals surface area contributed by atoms with E-state index in [1.54, 1.807) is 6.92 Å². The zero-order valence-corrected chi connectivity index (χ0v) is 11.0. The third-order valence-corrected chi connectivity index (χ3v) is 3.38. The second kappa shape index (κ2) is 4.84. The van der Waals surface area contributed by atoms with Crippen molar-refractivity contribution in [3.63, 3.8) is 0 Å². The van der Waals surface area contributed by atoms with Crippen LogP contribution in [-0.4, -0.2) is 11.8 Å². The highest BCUT2D eigenvalue weighted by Gasteiger charge is 2.43. The van der Waals surface area contributed by atoms with E-state index in [-0.39, 0.29) is 11.9 Å². The second-order valence-electron chi connectivity index (χ2n) is 4.58. The van der Waals surface area contributed by atoms with Crippen molar-refractivity contribution >= 4 is 5.97 Å². The van der Waals surface area contributed by atoms with Crippen molar-refractivity contribution in [1.82, 2.24) is 0 Å². The molecule has 2 atom stereocenters. The van der Waals surface area contributed by atoms with Gasteiger partial charge in [-0.2, -0.15) is 0 Å². The van der Waals surface area contributed by atoms with Crippen LogP contribution in [0.3, 0.4) is 0 Å². The Labute approximate surface area is 107 Å². The molecule has 0 radical (unpaired) electrons. The predicted octanol–water partition coefficient (Wildman–Crippen LogP) is 3.37. The van der Waals surface area contributed by atoms with E-state index in [4.69, 9.17) is 9.47 Å². The van der Waals surface area contributed by atoms with E-state index in [0.29, 0.717) is 12.2 Å². The van der Waals surface area contributed by atoms with Crippen molar-refractivity contribution in [2.45, 2.75) is 38.9 Å². The first-order chi connectivity index (χ1) is 8.57. The largest absolute Gasteiger partial charge is 0.456 e. The summed E-state index contributed by atoms with van der Waals surface area (Å²) in [6.07, 6.45) is 1.99. The fourth-order valence-corrected chi connectivity index (χ4v) is 2.31. The van der Waals surface area contributed by atoms with Gasteiger partial charge in [0.05, 0.1) is 12.0 Å². The van der Waals surface area contributed by atoms with E-state index in [2.05, 4.69) is 0 Å². The van der Waals surface area contributed by atoms with Gasteiger partial charge in [0.15, 0.2) is 0 Å². The highest BCUT2D eigenvalue weighted by molar-refractivity contribution is 5.83. The van der Waals surface area contributed by atoms with Crippen LogP contribution >= 0.6 is 0 Å². The van der Waals surface area contributed by atoms with Gasteiger partial charge in [0.2, 0.25) is 0 Å². The molecule has 0 aromatic heterocycles. The first-order valence-corrected chi connectivity index (χ1v) is 6.22. The summed E-state index contributed by atoms with van der Waals surface area (Å²) < 4.78 is 11.3. The van der Waals surface area contributed by atoms with Crippen molar-refractivity contribution in [3.05, 3.63) is 47.7 Å². The summed E-state index contributed by atoms with van der Waals surface area (Å²) >= 11 is 0. The molecule has 0 fully saturated rings.